The Morgan fingerprint density at radius 1 is 0.421 bits per heavy atom. The predicted octanol–water partition coefficient (Wildman–Crippen LogP) is -7.61. The Bertz CT molecular complexity index is 2880. The van der Waals surface area contributed by atoms with Crippen molar-refractivity contribution in [2.45, 2.75) is 201 Å². The molecule has 11 atom stereocenters. The summed E-state index contributed by atoms with van der Waals surface area (Å²) in [4.78, 5) is 230. The molecule has 0 aromatic rings. The van der Waals surface area contributed by atoms with Crippen molar-refractivity contribution in [3.63, 3.8) is 0 Å². The van der Waals surface area contributed by atoms with E-state index in [1.165, 1.54) is 24.5 Å². The molecule has 0 spiro atoms. The van der Waals surface area contributed by atoms with Crippen molar-refractivity contribution in [1.29, 1.82) is 0 Å². The number of hydrogen-bond acceptors (Lipinski definition) is 20. The molecule has 37 nitrogen and oxygen atoms in total. The first kappa shape index (κ1) is 76.6. The van der Waals surface area contributed by atoms with E-state index in [0.717, 1.165) is 0 Å². The molecule has 0 bridgehead atoms. The second-order valence-electron chi connectivity index (χ2n) is 24.1. The maximum absolute atomic E-state index is 14.3. The molecule has 0 aliphatic carbocycles. The number of aliphatic hydroxyl groups excluding tert-OH is 1. The third-order valence-electron chi connectivity index (χ3n) is 17.3. The van der Waals surface area contributed by atoms with Gasteiger partial charge in [-0.15, -0.1) is 0 Å². The molecular formula is C58H90N16O21. The van der Waals surface area contributed by atoms with Crippen molar-refractivity contribution >= 4 is 101 Å². The van der Waals surface area contributed by atoms with Crippen molar-refractivity contribution in [3.05, 3.63) is 0 Å². The van der Waals surface area contributed by atoms with E-state index >= 15 is 0 Å². The van der Waals surface area contributed by atoms with Gasteiger partial charge in [0.2, 0.25) is 82.7 Å². The van der Waals surface area contributed by atoms with Crippen molar-refractivity contribution in [3.8, 4) is 0 Å². The van der Waals surface area contributed by atoms with Gasteiger partial charge in [0.15, 0.2) is 0 Å². The normalized spacial score (nSPS) is 21.0. The molecule has 0 aromatic heterocycles. The van der Waals surface area contributed by atoms with Crippen LogP contribution in [0.1, 0.15) is 135 Å². The number of rotatable bonds is 37. The number of hydrogen-bond donors (Lipinski definition) is 15. The van der Waals surface area contributed by atoms with Crippen LogP contribution in [0.2, 0.25) is 0 Å². The molecular weight excluding hydrogens is 1260 g/mol. The summed E-state index contributed by atoms with van der Waals surface area (Å²) >= 11 is 0. The van der Waals surface area contributed by atoms with Crippen LogP contribution < -0.4 is 60.2 Å². The maximum Gasteiger partial charge on any atom is 0.326 e. The van der Waals surface area contributed by atoms with Crippen LogP contribution in [0.15, 0.2) is 0 Å². The highest BCUT2D eigenvalue weighted by Crippen LogP contribution is 2.28. The van der Waals surface area contributed by atoms with Gasteiger partial charge >= 0.3 is 17.9 Å². The number of aliphatic hydroxyl groups is 1. The first-order chi connectivity index (χ1) is 45.1. The summed E-state index contributed by atoms with van der Waals surface area (Å²) in [5.41, 5.74) is 22.1. The summed E-state index contributed by atoms with van der Waals surface area (Å²) in [6.07, 6.45) is -0.662. The van der Waals surface area contributed by atoms with Crippen LogP contribution in [0, 0.1) is 0 Å². The van der Waals surface area contributed by atoms with Crippen LogP contribution in [0.25, 0.3) is 0 Å². The molecule has 5 heterocycles. The van der Waals surface area contributed by atoms with Crippen molar-refractivity contribution in [2.75, 3.05) is 59.0 Å². The number of amides is 14. The number of unbranched alkanes of at least 4 members (excludes halogenated alkanes) is 1. The van der Waals surface area contributed by atoms with E-state index in [-0.39, 0.29) is 77.8 Å². The molecule has 0 radical (unpaired) electrons. The highest BCUT2D eigenvalue weighted by Gasteiger charge is 2.46. The quantitative estimate of drug-likeness (QED) is 0.0257. The second-order valence-corrected chi connectivity index (χ2v) is 24.1. The molecule has 37 heteroatoms. The van der Waals surface area contributed by atoms with Gasteiger partial charge in [-0.1, -0.05) is 0 Å². The Balaban J connectivity index is 1.19. The molecule has 5 aliphatic heterocycles. The summed E-state index contributed by atoms with van der Waals surface area (Å²) in [6, 6.07) is -14.5. The smallest absolute Gasteiger partial charge is 0.326 e. The van der Waals surface area contributed by atoms with Gasteiger partial charge in [0, 0.05) is 58.4 Å². The third-order valence-corrected chi connectivity index (χ3v) is 17.3. The number of aliphatic carboxylic acids is 3. The Kier molecular flexibility index (Phi) is 29.9. The fraction of sp³-hybridized carbons (Fsp3) is 0.707. The SMILES string of the molecule is NCCCC[C@H](NC(=O)CNC(=O)[C@@H]1CCCN1C(=O)[C@@H]1CCCN1C(=O)[C@@H](N)CO)C(=O)N1CCC[C@H]1C(=O)N[C@@H](CCC(=O)O)C(=O)NCC(=O)N1CCC[C@H]1C(=O)N1CCC[C@H]1C(=O)N[C@@H](CCC(N)=O)C(=O)N[C@@H](CCC(N)=O)C(=O)N[C@@H](CCC(=O)O)C(=O)O. The van der Waals surface area contributed by atoms with Gasteiger partial charge in [0.1, 0.15) is 66.5 Å². The Morgan fingerprint density at radius 2 is 0.832 bits per heavy atom. The fourth-order valence-corrected chi connectivity index (χ4v) is 12.3. The van der Waals surface area contributed by atoms with Crippen LogP contribution in [0.5, 0.6) is 0 Å². The van der Waals surface area contributed by atoms with Gasteiger partial charge in [-0.05, 0) is 116 Å². The lowest BCUT2D eigenvalue weighted by atomic mass is 10.0. The van der Waals surface area contributed by atoms with Crippen molar-refractivity contribution < 1.29 is 102 Å². The predicted molar refractivity (Wildman–Crippen MR) is 326 cm³/mol. The van der Waals surface area contributed by atoms with Gasteiger partial charge in [-0.25, -0.2) is 4.79 Å². The summed E-state index contributed by atoms with van der Waals surface area (Å²) in [7, 11) is 0. The lowest BCUT2D eigenvalue weighted by Gasteiger charge is -2.32. The Morgan fingerprint density at radius 3 is 1.32 bits per heavy atom. The summed E-state index contributed by atoms with van der Waals surface area (Å²) in [5.74, 6) is -15.7. The van der Waals surface area contributed by atoms with Crippen LogP contribution in [0.3, 0.4) is 0 Å². The molecule has 0 saturated carbocycles. The Hall–Kier alpha value is -9.13. The average Bonchev–Trinajstić information content (AvgIpc) is 1.70. The molecule has 19 N–H and O–H groups in total. The molecule has 528 valence electrons. The van der Waals surface area contributed by atoms with Gasteiger partial charge < -0.3 is 105 Å². The zero-order valence-corrected chi connectivity index (χ0v) is 52.8. The van der Waals surface area contributed by atoms with Crippen LogP contribution in [-0.4, -0.2) is 271 Å². The standard InChI is InChI=1S/C58H90N16O21/c59-22-2-1-8-35(65-44(78)28-63-51(87)37-9-3-25-72(37)57(93)41-13-7-27-74(41)54(90)31(60)30-75)55(91)71-24-4-10-38(71)52(88)67-32(16-20-46(80)81)48(84)64-29-45(79)70-23-6-12-40(70)56(92)73-26-5-11-39(73)53(89)68-34(15-19-43(62)77)49(85)66-33(14-18-42(61)76)50(86)69-36(58(94)95)17-21-47(82)83/h31-41,75H,1-30,59-60H2,(H2,61,76)(H2,62,77)(H,63,87)(H,64,84)(H,65,78)(H,66,85)(H,67,88)(H,68,89)(H,69,86)(H,80,81)(H,82,83)(H,94,95)/t31-,32-,33-,34-,35-,36-,37-,38-,39-,40-,41-/m0/s1. The minimum absolute atomic E-state index is 0.00709. The molecule has 5 saturated heterocycles. The number of carboxylic acids is 3. The van der Waals surface area contributed by atoms with Gasteiger partial charge in [0.25, 0.3) is 0 Å². The van der Waals surface area contributed by atoms with E-state index < -0.39 is 238 Å². The fourth-order valence-electron chi connectivity index (χ4n) is 12.3. The van der Waals surface area contributed by atoms with Crippen LogP contribution in [-0.2, 0) is 81.5 Å². The van der Waals surface area contributed by atoms with Gasteiger partial charge in [-0.3, -0.25) is 76.7 Å². The van der Waals surface area contributed by atoms with Gasteiger partial charge in [0.05, 0.1) is 19.7 Å². The number of nitrogens with one attached hydrogen (secondary N) is 7. The first-order valence-electron chi connectivity index (χ1n) is 32.0. The zero-order valence-electron chi connectivity index (χ0n) is 52.8. The average molecular weight is 1350 g/mol. The van der Waals surface area contributed by atoms with Crippen LogP contribution in [0.4, 0.5) is 0 Å². The Labute approximate surface area is 545 Å². The number of primary amides is 2. The molecule has 5 rings (SSSR count). The number of nitrogens with zero attached hydrogens (tertiary/aromatic N) is 5. The number of carbonyl (C=O) groups is 17. The number of carboxylic acid groups (broad SMARTS) is 3. The number of nitrogens with two attached hydrogens (primary N) is 4. The largest absolute Gasteiger partial charge is 0.481 e. The number of carbonyl (C=O) groups excluding carboxylic acids is 14. The number of likely N-dealkylation sites (tertiary alicyclic amines) is 5. The molecule has 5 aliphatic rings. The highest BCUT2D eigenvalue weighted by atomic mass is 16.4. The topological polar surface area (TPSA) is 576 Å². The summed E-state index contributed by atoms with van der Waals surface area (Å²) in [6.45, 7) is -1.21. The van der Waals surface area contributed by atoms with Gasteiger partial charge in [-0.2, -0.15) is 0 Å². The lowest BCUT2D eigenvalue weighted by molar-refractivity contribution is -0.147. The van der Waals surface area contributed by atoms with Crippen molar-refractivity contribution in [2.24, 2.45) is 22.9 Å². The molecule has 0 aromatic carbocycles. The van der Waals surface area contributed by atoms with E-state index in [1.807, 2.05) is 0 Å². The van der Waals surface area contributed by atoms with Crippen molar-refractivity contribution in [1.82, 2.24) is 61.7 Å². The molecule has 5 fully saturated rings. The van der Waals surface area contributed by atoms with E-state index in [1.54, 1.807) is 0 Å². The molecule has 0 unspecified atom stereocenters. The van der Waals surface area contributed by atoms with E-state index in [4.69, 9.17) is 28.0 Å². The molecule has 95 heavy (non-hydrogen) atoms. The highest BCUT2D eigenvalue weighted by molar-refractivity contribution is 6.00. The minimum Gasteiger partial charge on any atom is -0.481 e. The monoisotopic (exact) mass is 1350 g/mol. The zero-order chi connectivity index (χ0) is 70.2. The van der Waals surface area contributed by atoms with Crippen LogP contribution >= 0.6 is 0 Å². The van der Waals surface area contributed by atoms with E-state index in [2.05, 4.69) is 37.2 Å². The first-order valence-corrected chi connectivity index (χ1v) is 32.0. The van der Waals surface area contributed by atoms with E-state index in [9.17, 15) is 96.8 Å². The minimum atomic E-state index is -1.73. The van der Waals surface area contributed by atoms with E-state index in [0.29, 0.717) is 44.9 Å². The molecule has 14 amide bonds. The lowest BCUT2D eigenvalue weighted by Crippen LogP contribution is -2.59. The third kappa shape index (κ3) is 22.2. The second kappa shape index (κ2) is 37.1. The summed E-state index contributed by atoms with van der Waals surface area (Å²) < 4.78 is 0. The maximum atomic E-state index is 14.3. The summed E-state index contributed by atoms with van der Waals surface area (Å²) in [5, 5.41) is 54.7.